The molecular weight excluding hydrogens is 256 g/mol. The quantitative estimate of drug-likeness (QED) is 0.374. The van der Waals surface area contributed by atoms with E-state index in [1.165, 1.54) is 109 Å². The molecule has 0 amide bonds. The van der Waals surface area contributed by atoms with Crippen molar-refractivity contribution in [2.24, 2.45) is 0 Å². The van der Waals surface area contributed by atoms with Gasteiger partial charge in [-0.3, -0.25) is 0 Å². The van der Waals surface area contributed by atoms with Crippen molar-refractivity contribution in [3.63, 3.8) is 0 Å². The van der Waals surface area contributed by atoms with Gasteiger partial charge in [0.15, 0.2) is 0 Å². The lowest BCUT2D eigenvalue weighted by atomic mass is 10.0. The first-order valence-corrected chi connectivity index (χ1v) is 9.90. The first-order valence-electron chi connectivity index (χ1n) is 9.90. The Morgan fingerprint density at radius 3 is 1.52 bits per heavy atom. The molecule has 0 saturated carbocycles. The second kappa shape index (κ2) is 14.8. The highest BCUT2D eigenvalue weighted by Crippen LogP contribution is 2.12. The van der Waals surface area contributed by atoms with Crippen LogP contribution >= 0.6 is 0 Å². The summed E-state index contributed by atoms with van der Waals surface area (Å²) in [6.45, 7) is 4.70. The van der Waals surface area contributed by atoms with Gasteiger partial charge in [-0.1, -0.05) is 90.4 Å². The van der Waals surface area contributed by atoms with Crippen LogP contribution in [-0.4, -0.2) is 19.3 Å². The van der Waals surface area contributed by atoms with Gasteiger partial charge in [-0.15, -0.1) is 0 Å². The summed E-state index contributed by atoms with van der Waals surface area (Å²) >= 11 is 0. The van der Waals surface area contributed by atoms with Gasteiger partial charge in [0.05, 0.1) is 6.17 Å². The predicted octanol–water partition coefficient (Wildman–Crippen LogP) is 5.38. The minimum absolute atomic E-state index is 0.631. The van der Waals surface area contributed by atoms with E-state index in [-0.39, 0.29) is 0 Å². The molecule has 2 heteroatoms. The van der Waals surface area contributed by atoms with Gasteiger partial charge in [0.1, 0.15) is 0 Å². The third kappa shape index (κ3) is 12.2. The molecule has 2 nitrogen and oxygen atoms in total. The first kappa shape index (κ1) is 19.0. The van der Waals surface area contributed by atoms with Gasteiger partial charge in [-0.2, -0.15) is 0 Å². The van der Waals surface area contributed by atoms with Crippen molar-refractivity contribution < 1.29 is 0 Å². The van der Waals surface area contributed by atoms with Gasteiger partial charge >= 0.3 is 0 Å². The Kier molecular flexibility index (Phi) is 13.4. The van der Waals surface area contributed by atoms with Crippen molar-refractivity contribution in [1.29, 1.82) is 0 Å². The maximum Gasteiger partial charge on any atom is 0.0583 e. The summed E-state index contributed by atoms with van der Waals surface area (Å²) in [5.41, 5.74) is 0. The summed E-state index contributed by atoms with van der Waals surface area (Å²) in [6, 6.07) is 0. The van der Waals surface area contributed by atoms with E-state index in [1.54, 1.807) is 0 Å². The van der Waals surface area contributed by atoms with Crippen LogP contribution in [0.3, 0.4) is 0 Å². The molecule has 0 aliphatic carbocycles. The number of hydrogen-bond acceptors (Lipinski definition) is 2. The molecule has 1 atom stereocenters. The molecule has 0 aromatic heterocycles. The molecule has 21 heavy (non-hydrogen) atoms. The molecule has 0 radical (unpaired) electrons. The minimum Gasteiger partial charge on any atom is -0.302 e. The van der Waals surface area contributed by atoms with E-state index < -0.39 is 0 Å². The van der Waals surface area contributed by atoms with E-state index >= 15 is 0 Å². The highest BCUT2D eigenvalue weighted by molar-refractivity contribution is 4.74. The number of hydrogen-bond donors (Lipinski definition) is 2. The molecule has 0 aromatic rings. The maximum absolute atomic E-state index is 3.55. The van der Waals surface area contributed by atoms with Crippen molar-refractivity contribution in [2.75, 3.05) is 13.1 Å². The van der Waals surface area contributed by atoms with Crippen LogP contribution in [0.5, 0.6) is 0 Å². The lowest BCUT2D eigenvalue weighted by Crippen LogP contribution is -2.52. The third-order valence-corrected chi connectivity index (χ3v) is 4.74. The van der Waals surface area contributed by atoms with Gasteiger partial charge < -0.3 is 10.6 Å². The molecule has 1 unspecified atom stereocenters. The lowest BCUT2D eigenvalue weighted by Gasteiger charge is -2.28. The SMILES string of the molecule is CCCCCCCCCCCCCCCCNC1CCN1. The molecule has 1 fully saturated rings. The van der Waals surface area contributed by atoms with Crippen LogP contribution < -0.4 is 10.6 Å². The van der Waals surface area contributed by atoms with Crippen LogP contribution in [-0.2, 0) is 0 Å². The zero-order valence-electron chi connectivity index (χ0n) is 14.6. The fourth-order valence-electron chi connectivity index (χ4n) is 3.06. The zero-order chi connectivity index (χ0) is 15.0. The number of unbranched alkanes of at least 4 members (excludes halogenated alkanes) is 13. The molecule has 0 aromatic carbocycles. The Morgan fingerprint density at radius 1 is 0.714 bits per heavy atom. The smallest absolute Gasteiger partial charge is 0.0583 e. The zero-order valence-corrected chi connectivity index (χ0v) is 14.6. The van der Waals surface area contributed by atoms with Crippen LogP contribution in [0.2, 0.25) is 0 Å². The molecule has 126 valence electrons. The molecule has 1 aliphatic heterocycles. The lowest BCUT2D eigenvalue weighted by molar-refractivity contribution is 0.307. The van der Waals surface area contributed by atoms with Crippen molar-refractivity contribution in [3.05, 3.63) is 0 Å². The summed E-state index contributed by atoms with van der Waals surface area (Å²) in [5.74, 6) is 0. The second-order valence-electron chi connectivity index (χ2n) is 6.85. The van der Waals surface area contributed by atoms with Crippen LogP contribution in [0.15, 0.2) is 0 Å². The van der Waals surface area contributed by atoms with Gasteiger partial charge in [0.25, 0.3) is 0 Å². The standard InChI is InChI=1S/C19H40N2/c1-2-3-4-5-6-7-8-9-10-11-12-13-14-15-17-20-19-16-18-21-19/h19-21H,2-18H2,1H3. The maximum atomic E-state index is 3.55. The molecule has 1 rings (SSSR count). The van der Waals surface area contributed by atoms with Crippen LogP contribution in [0.4, 0.5) is 0 Å². The van der Waals surface area contributed by atoms with E-state index in [9.17, 15) is 0 Å². The number of rotatable bonds is 16. The van der Waals surface area contributed by atoms with E-state index in [0.29, 0.717) is 6.17 Å². The van der Waals surface area contributed by atoms with Crippen LogP contribution in [0.25, 0.3) is 0 Å². The molecule has 0 spiro atoms. The van der Waals surface area contributed by atoms with E-state index in [2.05, 4.69) is 17.6 Å². The van der Waals surface area contributed by atoms with Crippen LogP contribution in [0, 0.1) is 0 Å². The largest absolute Gasteiger partial charge is 0.302 e. The Labute approximate surface area is 133 Å². The molecule has 1 aliphatic rings. The highest BCUT2D eigenvalue weighted by atomic mass is 15.2. The van der Waals surface area contributed by atoms with Crippen molar-refractivity contribution in [3.8, 4) is 0 Å². The predicted molar refractivity (Wildman–Crippen MR) is 94.7 cm³/mol. The Balaban J connectivity index is 1.61. The molecule has 2 N–H and O–H groups in total. The average Bonchev–Trinajstić information content (AvgIpc) is 2.45. The van der Waals surface area contributed by atoms with Crippen molar-refractivity contribution >= 4 is 0 Å². The van der Waals surface area contributed by atoms with E-state index in [1.807, 2.05) is 0 Å². The Morgan fingerprint density at radius 2 is 1.14 bits per heavy atom. The van der Waals surface area contributed by atoms with Gasteiger partial charge in [0.2, 0.25) is 0 Å². The highest BCUT2D eigenvalue weighted by Gasteiger charge is 2.13. The first-order chi connectivity index (χ1) is 10.4. The average molecular weight is 297 g/mol. The summed E-state index contributed by atoms with van der Waals surface area (Å²) in [4.78, 5) is 0. The Bertz CT molecular complexity index is 202. The topological polar surface area (TPSA) is 24.1 Å². The monoisotopic (exact) mass is 296 g/mol. The minimum atomic E-state index is 0.631. The Hall–Kier alpha value is -0.0800. The molecule has 1 saturated heterocycles. The van der Waals surface area contributed by atoms with Crippen molar-refractivity contribution in [1.82, 2.24) is 10.6 Å². The number of nitrogens with one attached hydrogen (secondary N) is 2. The van der Waals surface area contributed by atoms with Crippen LogP contribution in [0.1, 0.15) is 103 Å². The second-order valence-corrected chi connectivity index (χ2v) is 6.85. The molecular formula is C19H40N2. The summed E-state index contributed by atoms with van der Waals surface area (Å²) in [7, 11) is 0. The van der Waals surface area contributed by atoms with E-state index in [4.69, 9.17) is 0 Å². The molecule has 0 bridgehead atoms. The fourth-order valence-corrected chi connectivity index (χ4v) is 3.06. The third-order valence-electron chi connectivity index (χ3n) is 4.74. The van der Waals surface area contributed by atoms with E-state index in [0.717, 1.165) is 0 Å². The summed E-state index contributed by atoms with van der Waals surface area (Å²) in [6.07, 6.45) is 22.2. The summed E-state index contributed by atoms with van der Waals surface area (Å²) < 4.78 is 0. The van der Waals surface area contributed by atoms with Gasteiger partial charge in [-0.05, 0) is 25.9 Å². The van der Waals surface area contributed by atoms with Gasteiger partial charge in [-0.25, -0.2) is 0 Å². The van der Waals surface area contributed by atoms with Gasteiger partial charge in [0, 0.05) is 0 Å². The normalized spacial score (nSPS) is 17.9. The fraction of sp³-hybridized carbons (Fsp3) is 1.00. The summed E-state index contributed by atoms with van der Waals surface area (Å²) in [5, 5.41) is 6.94. The molecule has 1 heterocycles. The van der Waals surface area contributed by atoms with Crippen molar-refractivity contribution in [2.45, 2.75) is 109 Å².